The highest BCUT2D eigenvalue weighted by Crippen LogP contribution is 2.36. The van der Waals surface area contributed by atoms with Crippen LogP contribution < -0.4 is 19.5 Å². The molecule has 134 valence electrons. The lowest BCUT2D eigenvalue weighted by Crippen LogP contribution is -2.00. The van der Waals surface area contributed by atoms with Crippen LogP contribution in [0.2, 0.25) is 0 Å². The third-order valence-corrected chi connectivity index (χ3v) is 4.09. The fourth-order valence-electron chi connectivity index (χ4n) is 2.86. The predicted octanol–water partition coefficient (Wildman–Crippen LogP) is 3.93. The fourth-order valence-corrected chi connectivity index (χ4v) is 2.86. The van der Waals surface area contributed by atoms with Crippen LogP contribution in [0.25, 0.3) is 10.9 Å². The summed E-state index contributed by atoms with van der Waals surface area (Å²) in [7, 11) is 0. The zero-order valence-corrected chi connectivity index (χ0v) is 14.4. The van der Waals surface area contributed by atoms with E-state index in [2.05, 4.69) is 25.5 Å². The number of aromatic nitrogens is 4. The summed E-state index contributed by atoms with van der Waals surface area (Å²) >= 11 is 0. The second kappa shape index (κ2) is 6.17. The molecule has 0 amide bonds. The van der Waals surface area contributed by atoms with E-state index in [-0.39, 0.29) is 12.8 Å². The average molecular weight is 361 g/mol. The quantitative estimate of drug-likeness (QED) is 0.569. The topological polar surface area (TPSA) is 94.2 Å². The number of H-pyrrole nitrogens is 1. The zero-order valence-electron chi connectivity index (χ0n) is 14.4. The van der Waals surface area contributed by atoms with Gasteiger partial charge in [-0.05, 0) is 31.2 Å². The molecule has 3 heterocycles. The van der Waals surface area contributed by atoms with Crippen molar-refractivity contribution in [2.45, 2.75) is 6.92 Å². The van der Waals surface area contributed by atoms with Gasteiger partial charge in [0.05, 0.1) is 11.2 Å². The minimum Gasteiger partial charge on any atom is -0.454 e. The number of nitrogens with one attached hydrogen (secondary N) is 2. The molecule has 5 rings (SSSR count). The van der Waals surface area contributed by atoms with Gasteiger partial charge in [0.25, 0.3) is 0 Å². The number of ether oxygens (including phenoxy) is 3. The van der Waals surface area contributed by atoms with Crippen molar-refractivity contribution in [1.29, 1.82) is 0 Å². The summed E-state index contributed by atoms with van der Waals surface area (Å²) in [5, 5.41) is 11.2. The van der Waals surface area contributed by atoms with Gasteiger partial charge in [-0.1, -0.05) is 12.1 Å². The Labute approximate surface area is 154 Å². The molecular formula is C19H15N5O3. The van der Waals surface area contributed by atoms with Crippen molar-refractivity contribution in [3.05, 3.63) is 54.2 Å². The van der Waals surface area contributed by atoms with Gasteiger partial charge in [-0.2, -0.15) is 15.1 Å². The Balaban J connectivity index is 1.52. The summed E-state index contributed by atoms with van der Waals surface area (Å²) in [6.45, 7) is 2.12. The van der Waals surface area contributed by atoms with Gasteiger partial charge >= 0.3 is 6.01 Å². The summed E-state index contributed by atoms with van der Waals surface area (Å²) in [6, 6.07) is 15.2. The van der Waals surface area contributed by atoms with E-state index in [9.17, 15) is 0 Å². The molecule has 2 N–H and O–H groups in total. The van der Waals surface area contributed by atoms with Crippen LogP contribution >= 0.6 is 0 Å². The number of fused-ring (bicyclic) bond motifs is 2. The molecule has 0 saturated carbocycles. The molecular weight excluding hydrogens is 346 g/mol. The van der Waals surface area contributed by atoms with Crippen LogP contribution in [0.5, 0.6) is 23.3 Å². The molecule has 8 nitrogen and oxygen atoms in total. The third kappa shape index (κ3) is 2.97. The Morgan fingerprint density at radius 3 is 2.81 bits per heavy atom. The fraction of sp³-hybridized carbons (Fsp3) is 0.105. The van der Waals surface area contributed by atoms with Crippen LogP contribution in [0.4, 0.5) is 11.6 Å². The maximum Gasteiger partial charge on any atom is 0.324 e. The van der Waals surface area contributed by atoms with E-state index in [0.717, 1.165) is 22.4 Å². The number of nitrogens with zero attached hydrogens (tertiary/aromatic N) is 3. The Bertz CT molecular complexity index is 1140. The zero-order chi connectivity index (χ0) is 18.2. The first kappa shape index (κ1) is 15.4. The number of para-hydroxylation sites is 1. The molecule has 0 atom stereocenters. The van der Waals surface area contributed by atoms with Crippen LogP contribution in [-0.4, -0.2) is 27.0 Å². The Hall–Kier alpha value is -3.81. The number of aryl methyl sites for hydroxylation is 1. The van der Waals surface area contributed by atoms with Gasteiger partial charge < -0.3 is 19.5 Å². The molecule has 0 aliphatic carbocycles. The van der Waals surface area contributed by atoms with Gasteiger partial charge in [-0.25, -0.2) is 0 Å². The van der Waals surface area contributed by atoms with Crippen LogP contribution in [0.1, 0.15) is 5.69 Å². The largest absolute Gasteiger partial charge is 0.454 e. The van der Waals surface area contributed by atoms with E-state index in [4.69, 9.17) is 14.2 Å². The van der Waals surface area contributed by atoms with E-state index < -0.39 is 0 Å². The highest BCUT2D eigenvalue weighted by atomic mass is 16.7. The van der Waals surface area contributed by atoms with Gasteiger partial charge in [0.2, 0.25) is 6.79 Å². The van der Waals surface area contributed by atoms with E-state index in [1.54, 1.807) is 18.2 Å². The molecule has 1 aliphatic rings. The monoisotopic (exact) mass is 361 g/mol. The molecule has 0 saturated heterocycles. The predicted molar refractivity (Wildman–Crippen MR) is 98.8 cm³/mol. The summed E-state index contributed by atoms with van der Waals surface area (Å²) in [5.74, 6) is 3.27. The number of anilines is 2. The first-order valence-electron chi connectivity index (χ1n) is 8.38. The van der Waals surface area contributed by atoms with Crippen molar-refractivity contribution in [2.75, 3.05) is 12.1 Å². The van der Waals surface area contributed by atoms with Crippen LogP contribution in [0.3, 0.4) is 0 Å². The normalized spacial score (nSPS) is 12.3. The Morgan fingerprint density at radius 1 is 1.04 bits per heavy atom. The molecule has 2 aromatic heterocycles. The SMILES string of the molecule is Cc1cc(Nc2nc(Oc3ccc4c(c3)OCO4)nc3ccccc23)[nH]n1. The molecule has 0 bridgehead atoms. The van der Waals surface area contributed by atoms with Gasteiger partial charge in [0.1, 0.15) is 17.4 Å². The van der Waals surface area contributed by atoms with Gasteiger partial charge in [-0.15, -0.1) is 0 Å². The van der Waals surface area contributed by atoms with Crippen molar-refractivity contribution < 1.29 is 14.2 Å². The molecule has 0 spiro atoms. The van der Waals surface area contributed by atoms with E-state index in [1.807, 2.05) is 37.3 Å². The number of hydrogen-bond acceptors (Lipinski definition) is 7. The van der Waals surface area contributed by atoms with Gasteiger partial charge in [-0.3, -0.25) is 5.10 Å². The van der Waals surface area contributed by atoms with Crippen LogP contribution in [-0.2, 0) is 0 Å². The van der Waals surface area contributed by atoms with Gasteiger partial charge in [0, 0.05) is 17.5 Å². The molecule has 0 radical (unpaired) electrons. The highest BCUT2D eigenvalue weighted by Gasteiger charge is 2.15. The molecule has 4 aromatic rings. The van der Waals surface area contributed by atoms with Crippen molar-refractivity contribution in [1.82, 2.24) is 20.2 Å². The van der Waals surface area contributed by atoms with Crippen molar-refractivity contribution in [3.63, 3.8) is 0 Å². The Morgan fingerprint density at radius 2 is 1.93 bits per heavy atom. The molecule has 1 aliphatic heterocycles. The lowest BCUT2D eigenvalue weighted by atomic mass is 10.2. The van der Waals surface area contributed by atoms with E-state index in [1.165, 1.54) is 0 Å². The van der Waals surface area contributed by atoms with Crippen LogP contribution in [0.15, 0.2) is 48.5 Å². The van der Waals surface area contributed by atoms with Crippen molar-refractivity contribution in [3.8, 4) is 23.3 Å². The standard InChI is InChI=1S/C19H15N5O3/c1-11-8-17(24-23-11)21-18-13-4-2-3-5-14(13)20-19(22-18)27-12-6-7-15-16(9-12)26-10-25-15/h2-9H,10H2,1H3,(H2,20,21,22,23,24). The van der Waals surface area contributed by atoms with E-state index >= 15 is 0 Å². The maximum atomic E-state index is 5.87. The number of aromatic amines is 1. The van der Waals surface area contributed by atoms with Gasteiger partial charge in [0.15, 0.2) is 11.5 Å². The molecule has 0 unspecified atom stereocenters. The Kier molecular flexibility index (Phi) is 3.53. The summed E-state index contributed by atoms with van der Waals surface area (Å²) in [4.78, 5) is 9.03. The second-order valence-corrected chi connectivity index (χ2v) is 6.04. The highest BCUT2D eigenvalue weighted by molar-refractivity contribution is 5.90. The average Bonchev–Trinajstić information content (AvgIpc) is 3.30. The van der Waals surface area contributed by atoms with E-state index in [0.29, 0.717) is 23.1 Å². The molecule has 27 heavy (non-hydrogen) atoms. The number of rotatable bonds is 4. The van der Waals surface area contributed by atoms with Crippen molar-refractivity contribution in [2.24, 2.45) is 0 Å². The first-order chi connectivity index (χ1) is 13.2. The number of benzene rings is 2. The third-order valence-electron chi connectivity index (χ3n) is 4.09. The maximum absolute atomic E-state index is 5.87. The summed E-state index contributed by atoms with van der Waals surface area (Å²) < 4.78 is 16.6. The smallest absolute Gasteiger partial charge is 0.324 e. The van der Waals surface area contributed by atoms with Crippen molar-refractivity contribution >= 4 is 22.5 Å². The lowest BCUT2D eigenvalue weighted by Gasteiger charge is -2.10. The van der Waals surface area contributed by atoms with Crippen LogP contribution in [0, 0.1) is 6.92 Å². The molecule has 0 fully saturated rings. The second-order valence-electron chi connectivity index (χ2n) is 6.04. The minimum atomic E-state index is 0.211. The number of hydrogen-bond donors (Lipinski definition) is 2. The first-order valence-corrected chi connectivity index (χ1v) is 8.38. The molecule has 8 heteroatoms. The summed E-state index contributed by atoms with van der Waals surface area (Å²) in [5.41, 5.74) is 1.65. The molecule has 2 aromatic carbocycles. The lowest BCUT2D eigenvalue weighted by molar-refractivity contribution is 0.174. The summed E-state index contributed by atoms with van der Waals surface area (Å²) in [6.07, 6.45) is 0. The minimum absolute atomic E-state index is 0.211.